The molecule has 1 amide bonds. The van der Waals surface area contributed by atoms with Crippen LogP contribution in [-0.2, 0) is 20.6 Å². The molecule has 2 heterocycles. The fourth-order valence-electron chi connectivity index (χ4n) is 4.04. The first-order valence-electron chi connectivity index (χ1n) is 10.7. The molecular formula is C23H27ClN2O5S. The van der Waals surface area contributed by atoms with Gasteiger partial charge in [-0.2, -0.15) is 0 Å². The van der Waals surface area contributed by atoms with Crippen LogP contribution < -0.4 is 14.8 Å². The molecule has 2 aliphatic heterocycles. The second-order valence-corrected chi connectivity index (χ2v) is 10.5. The lowest BCUT2D eigenvalue weighted by Crippen LogP contribution is -2.43. The van der Waals surface area contributed by atoms with Crippen molar-refractivity contribution in [3.8, 4) is 11.5 Å². The average Bonchev–Trinajstić information content (AvgIpc) is 2.80. The summed E-state index contributed by atoms with van der Waals surface area (Å²) in [5.41, 5.74) is 1.52. The molecule has 4 rings (SSSR count). The zero-order valence-corrected chi connectivity index (χ0v) is 19.5. The number of nitrogens with one attached hydrogen (secondary N) is 1. The van der Waals surface area contributed by atoms with Crippen molar-refractivity contribution in [3.63, 3.8) is 0 Å². The zero-order chi connectivity index (χ0) is 22.7. The van der Waals surface area contributed by atoms with Gasteiger partial charge in [0.15, 0.2) is 11.5 Å². The Morgan fingerprint density at radius 1 is 1.12 bits per heavy atom. The molecule has 172 valence electrons. The highest BCUT2D eigenvalue weighted by atomic mass is 35.5. The zero-order valence-electron chi connectivity index (χ0n) is 17.9. The molecule has 1 atom stereocenters. The van der Waals surface area contributed by atoms with Crippen LogP contribution >= 0.6 is 11.6 Å². The van der Waals surface area contributed by atoms with Gasteiger partial charge in [-0.15, -0.1) is 0 Å². The maximum absolute atomic E-state index is 12.8. The first kappa shape index (κ1) is 22.9. The van der Waals surface area contributed by atoms with E-state index in [1.165, 1.54) is 4.31 Å². The summed E-state index contributed by atoms with van der Waals surface area (Å²) < 4.78 is 38.2. The predicted molar refractivity (Wildman–Crippen MR) is 122 cm³/mol. The molecule has 1 saturated heterocycles. The number of amides is 1. The van der Waals surface area contributed by atoms with Crippen molar-refractivity contribution in [2.45, 2.75) is 31.6 Å². The van der Waals surface area contributed by atoms with Crippen molar-refractivity contribution in [1.29, 1.82) is 0 Å². The van der Waals surface area contributed by atoms with Crippen LogP contribution in [-0.4, -0.2) is 44.9 Å². The Labute approximate surface area is 193 Å². The number of piperidine rings is 1. The Kier molecular flexibility index (Phi) is 6.93. The van der Waals surface area contributed by atoms with Crippen molar-refractivity contribution in [2.24, 2.45) is 5.92 Å². The van der Waals surface area contributed by atoms with Crippen LogP contribution in [0.1, 0.15) is 36.9 Å². The molecule has 0 aromatic heterocycles. The van der Waals surface area contributed by atoms with E-state index in [1.54, 1.807) is 24.3 Å². The number of nitrogens with zero attached hydrogens (tertiary/aromatic N) is 1. The molecule has 0 bridgehead atoms. The van der Waals surface area contributed by atoms with Crippen molar-refractivity contribution in [2.75, 3.05) is 26.3 Å². The number of halogens is 1. The highest BCUT2D eigenvalue weighted by Gasteiger charge is 2.32. The summed E-state index contributed by atoms with van der Waals surface area (Å²) in [6.45, 7) is 3.61. The van der Waals surface area contributed by atoms with Crippen molar-refractivity contribution in [3.05, 3.63) is 58.6 Å². The minimum absolute atomic E-state index is 0.0597. The van der Waals surface area contributed by atoms with Crippen LogP contribution in [0.4, 0.5) is 0 Å². The number of ether oxygens (including phenoxy) is 2. The van der Waals surface area contributed by atoms with E-state index in [4.69, 9.17) is 21.1 Å². The molecule has 0 spiro atoms. The van der Waals surface area contributed by atoms with E-state index in [-0.39, 0.29) is 23.6 Å². The minimum Gasteiger partial charge on any atom is -0.486 e. The van der Waals surface area contributed by atoms with E-state index >= 15 is 0 Å². The molecule has 2 aliphatic rings. The topological polar surface area (TPSA) is 84.9 Å². The van der Waals surface area contributed by atoms with Gasteiger partial charge in [0.1, 0.15) is 13.2 Å². The molecule has 7 nitrogen and oxygen atoms in total. The van der Waals surface area contributed by atoms with Gasteiger partial charge in [0.05, 0.1) is 11.8 Å². The first-order chi connectivity index (χ1) is 15.3. The second kappa shape index (κ2) is 9.68. The van der Waals surface area contributed by atoms with Gasteiger partial charge in [0.25, 0.3) is 0 Å². The van der Waals surface area contributed by atoms with Crippen LogP contribution in [0.5, 0.6) is 11.5 Å². The average molecular weight is 479 g/mol. The van der Waals surface area contributed by atoms with Gasteiger partial charge in [-0.3, -0.25) is 4.79 Å². The maximum Gasteiger partial charge on any atom is 0.223 e. The lowest BCUT2D eigenvalue weighted by Gasteiger charge is -2.31. The van der Waals surface area contributed by atoms with Gasteiger partial charge in [-0.05, 0) is 49.1 Å². The standard InChI is InChI=1S/C23H27ClN2O5S/c1-16(18-6-7-21-22(14-18)31-13-12-30-21)25-23(27)17-8-10-26(11-9-17)32(28,29)15-19-4-2-3-5-20(19)24/h2-7,14,16-17H,8-13,15H2,1H3,(H,25,27). The molecule has 9 heteroatoms. The molecule has 0 saturated carbocycles. The summed E-state index contributed by atoms with van der Waals surface area (Å²) >= 11 is 6.12. The third-order valence-electron chi connectivity index (χ3n) is 5.94. The highest BCUT2D eigenvalue weighted by Crippen LogP contribution is 2.33. The monoisotopic (exact) mass is 478 g/mol. The summed E-state index contributed by atoms with van der Waals surface area (Å²) in [5, 5.41) is 3.50. The van der Waals surface area contributed by atoms with Gasteiger partial charge in [-0.25, -0.2) is 12.7 Å². The Hall–Kier alpha value is -2.29. The van der Waals surface area contributed by atoms with Crippen molar-refractivity contribution < 1.29 is 22.7 Å². The quantitative estimate of drug-likeness (QED) is 0.686. The van der Waals surface area contributed by atoms with Crippen molar-refractivity contribution >= 4 is 27.5 Å². The lowest BCUT2D eigenvalue weighted by molar-refractivity contribution is -0.126. The number of hydrogen-bond donors (Lipinski definition) is 1. The van der Waals surface area contributed by atoms with E-state index in [2.05, 4.69) is 5.32 Å². The second-order valence-electron chi connectivity index (χ2n) is 8.15. The molecule has 32 heavy (non-hydrogen) atoms. The number of fused-ring (bicyclic) bond motifs is 1. The van der Waals surface area contributed by atoms with E-state index in [1.807, 2.05) is 25.1 Å². The number of hydrogen-bond acceptors (Lipinski definition) is 5. The van der Waals surface area contributed by atoms with E-state index in [0.717, 1.165) is 5.56 Å². The summed E-state index contributed by atoms with van der Waals surface area (Å²) in [4.78, 5) is 12.8. The van der Waals surface area contributed by atoms with Gasteiger partial charge in [-0.1, -0.05) is 35.9 Å². The number of carbonyl (C=O) groups excluding carboxylic acids is 1. The Balaban J connectivity index is 1.32. The molecule has 1 unspecified atom stereocenters. The molecule has 2 aromatic carbocycles. The normalized spacial score (nSPS) is 18.2. The fourth-order valence-corrected chi connectivity index (χ4v) is 5.92. The van der Waals surface area contributed by atoms with Crippen LogP contribution in [0.3, 0.4) is 0 Å². The maximum atomic E-state index is 12.8. The number of rotatable bonds is 6. The van der Waals surface area contributed by atoms with E-state index in [9.17, 15) is 13.2 Å². The Bertz CT molecular complexity index is 1080. The number of carbonyl (C=O) groups is 1. The molecule has 0 radical (unpaired) electrons. The van der Waals surface area contributed by atoms with Gasteiger partial charge >= 0.3 is 0 Å². The molecule has 1 N–H and O–H groups in total. The lowest BCUT2D eigenvalue weighted by atomic mass is 9.96. The number of benzene rings is 2. The fraction of sp³-hybridized carbons (Fsp3) is 0.435. The summed E-state index contributed by atoms with van der Waals surface area (Å²) in [6.07, 6.45) is 0.975. The molecular weight excluding hydrogens is 452 g/mol. The Morgan fingerprint density at radius 3 is 2.53 bits per heavy atom. The summed E-state index contributed by atoms with van der Waals surface area (Å²) in [7, 11) is -3.49. The molecule has 1 fully saturated rings. The largest absolute Gasteiger partial charge is 0.486 e. The van der Waals surface area contributed by atoms with Crippen LogP contribution in [0.15, 0.2) is 42.5 Å². The first-order valence-corrected chi connectivity index (χ1v) is 12.7. The van der Waals surface area contributed by atoms with Crippen LogP contribution in [0.25, 0.3) is 0 Å². The molecule has 0 aliphatic carbocycles. The van der Waals surface area contributed by atoms with E-state index < -0.39 is 10.0 Å². The number of sulfonamides is 1. The van der Waals surface area contributed by atoms with Crippen LogP contribution in [0, 0.1) is 5.92 Å². The van der Waals surface area contributed by atoms with Gasteiger partial charge in [0.2, 0.25) is 15.9 Å². The Morgan fingerprint density at radius 2 is 1.81 bits per heavy atom. The van der Waals surface area contributed by atoms with Crippen molar-refractivity contribution in [1.82, 2.24) is 9.62 Å². The predicted octanol–water partition coefficient (Wildman–Crippen LogP) is 3.53. The highest BCUT2D eigenvalue weighted by molar-refractivity contribution is 7.88. The smallest absolute Gasteiger partial charge is 0.223 e. The van der Waals surface area contributed by atoms with Crippen LogP contribution in [0.2, 0.25) is 5.02 Å². The minimum atomic E-state index is -3.49. The SMILES string of the molecule is CC(NC(=O)C1CCN(S(=O)(=O)Cc2ccccc2Cl)CC1)c1ccc2c(c1)OCCO2. The van der Waals surface area contributed by atoms with Gasteiger partial charge < -0.3 is 14.8 Å². The summed E-state index contributed by atoms with van der Waals surface area (Å²) in [6, 6.07) is 12.4. The van der Waals surface area contributed by atoms with E-state index in [0.29, 0.717) is 61.2 Å². The third kappa shape index (κ3) is 5.19. The summed E-state index contributed by atoms with van der Waals surface area (Å²) in [5.74, 6) is 0.984. The van der Waals surface area contributed by atoms with Gasteiger partial charge in [0, 0.05) is 24.0 Å². The third-order valence-corrected chi connectivity index (χ3v) is 8.14. The molecule has 2 aromatic rings.